The molecule has 0 bridgehead atoms. The predicted molar refractivity (Wildman–Crippen MR) is 61.7 cm³/mol. The van der Waals surface area contributed by atoms with Gasteiger partial charge in [-0.05, 0) is 12.8 Å². The van der Waals surface area contributed by atoms with Crippen LogP contribution in [0.3, 0.4) is 0 Å². The summed E-state index contributed by atoms with van der Waals surface area (Å²) in [6.45, 7) is 0.225. The molecule has 1 heterocycles. The van der Waals surface area contributed by atoms with Crippen molar-refractivity contribution in [1.29, 1.82) is 0 Å². The molecule has 0 atom stereocenters. The monoisotopic (exact) mass is 239 g/mol. The zero-order chi connectivity index (χ0) is 12.3. The molecule has 1 saturated heterocycles. The smallest absolute Gasteiger partial charge is 0.246 e. The number of nitrogens with one attached hydrogen (secondary N) is 2. The van der Waals surface area contributed by atoms with E-state index in [9.17, 15) is 9.59 Å². The van der Waals surface area contributed by atoms with Crippen LogP contribution in [0.25, 0.3) is 0 Å². The molecule has 1 aliphatic carbocycles. The molecule has 0 aromatic carbocycles. The Labute approximate surface area is 99.4 Å². The van der Waals surface area contributed by atoms with Gasteiger partial charge in [-0.3, -0.25) is 20.3 Å². The Bertz CT molecular complexity index is 333. The number of piperazine rings is 1. The van der Waals surface area contributed by atoms with Crippen molar-refractivity contribution in [2.75, 3.05) is 13.1 Å². The molecule has 0 aromatic heterocycles. The zero-order valence-electron chi connectivity index (χ0n) is 9.61. The van der Waals surface area contributed by atoms with Gasteiger partial charge in [-0.15, -0.1) is 0 Å². The summed E-state index contributed by atoms with van der Waals surface area (Å²) in [6.07, 6.45) is 4.43. The van der Waals surface area contributed by atoms with Gasteiger partial charge in [0.15, 0.2) is 0 Å². The molecule has 17 heavy (non-hydrogen) atoms. The largest absolute Gasteiger partial charge is 0.323 e. The number of nitrogens with zero attached hydrogens (tertiary/aromatic N) is 2. The second-order valence-electron chi connectivity index (χ2n) is 4.36. The number of amides is 2. The van der Waals surface area contributed by atoms with Gasteiger partial charge < -0.3 is 4.90 Å². The van der Waals surface area contributed by atoms with Gasteiger partial charge in [-0.1, -0.05) is 12.8 Å². The highest BCUT2D eigenvalue weighted by atomic mass is 16.2. The molecular weight excluding hydrogens is 222 g/mol. The summed E-state index contributed by atoms with van der Waals surface area (Å²) in [7, 11) is 0. The summed E-state index contributed by atoms with van der Waals surface area (Å²) in [5, 5.41) is 2.24. The van der Waals surface area contributed by atoms with Crippen LogP contribution in [0.4, 0.5) is 0 Å². The third kappa shape index (κ3) is 2.94. The van der Waals surface area contributed by atoms with Gasteiger partial charge in [-0.25, -0.2) is 10.8 Å². The molecule has 0 aromatic rings. The van der Waals surface area contributed by atoms with Gasteiger partial charge in [0.25, 0.3) is 0 Å². The van der Waals surface area contributed by atoms with E-state index in [0.717, 1.165) is 12.8 Å². The Hall–Kier alpha value is -1.63. The number of hydrazine groups is 1. The van der Waals surface area contributed by atoms with Crippen LogP contribution in [-0.4, -0.2) is 41.8 Å². The Kier molecular flexibility index (Phi) is 3.58. The minimum absolute atomic E-state index is 0.113. The van der Waals surface area contributed by atoms with E-state index in [4.69, 9.17) is 5.84 Å². The van der Waals surface area contributed by atoms with Crippen molar-refractivity contribution in [3.63, 3.8) is 0 Å². The summed E-state index contributed by atoms with van der Waals surface area (Å²) in [5.74, 6) is 5.19. The van der Waals surface area contributed by atoms with E-state index in [-0.39, 0.29) is 30.9 Å². The van der Waals surface area contributed by atoms with Gasteiger partial charge in [-0.2, -0.15) is 0 Å². The first-order valence-electron chi connectivity index (χ1n) is 5.81. The highest BCUT2D eigenvalue weighted by Gasteiger charge is 2.26. The number of rotatable bonds is 1. The molecule has 2 aliphatic rings. The van der Waals surface area contributed by atoms with Crippen molar-refractivity contribution in [1.82, 2.24) is 15.6 Å². The molecule has 0 spiro atoms. The number of nitrogens with two attached hydrogens (primary N) is 1. The average Bonchev–Trinajstić information content (AvgIpc) is 2.77. The van der Waals surface area contributed by atoms with E-state index in [1.165, 1.54) is 12.8 Å². The van der Waals surface area contributed by atoms with E-state index in [1.54, 1.807) is 4.90 Å². The lowest BCUT2D eigenvalue weighted by atomic mass is 10.3. The molecule has 94 valence electrons. The van der Waals surface area contributed by atoms with Crippen molar-refractivity contribution >= 4 is 17.8 Å². The second-order valence-corrected chi connectivity index (χ2v) is 4.36. The number of carbonyl (C=O) groups is 2. The van der Waals surface area contributed by atoms with Crippen molar-refractivity contribution in [2.24, 2.45) is 10.8 Å². The molecule has 7 heteroatoms. The number of aliphatic imine (C=N–C) groups is 1. The summed E-state index contributed by atoms with van der Waals surface area (Å²) in [6, 6.07) is 0.251. The topological polar surface area (TPSA) is 99.8 Å². The highest BCUT2D eigenvalue weighted by Crippen LogP contribution is 2.21. The van der Waals surface area contributed by atoms with Crippen LogP contribution in [0.1, 0.15) is 25.7 Å². The molecule has 1 saturated carbocycles. The van der Waals surface area contributed by atoms with Crippen LogP contribution in [-0.2, 0) is 9.59 Å². The Morgan fingerprint density at radius 3 is 2.41 bits per heavy atom. The van der Waals surface area contributed by atoms with Crippen molar-refractivity contribution < 1.29 is 9.59 Å². The van der Waals surface area contributed by atoms with E-state index in [1.807, 2.05) is 0 Å². The molecule has 0 unspecified atom stereocenters. The maximum absolute atomic E-state index is 11.2. The van der Waals surface area contributed by atoms with Gasteiger partial charge >= 0.3 is 0 Å². The minimum Gasteiger partial charge on any atom is -0.323 e. The molecule has 2 rings (SSSR count). The summed E-state index contributed by atoms with van der Waals surface area (Å²) in [4.78, 5) is 28.5. The number of imide groups is 1. The molecule has 1 aliphatic heterocycles. The van der Waals surface area contributed by atoms with E-state index in [2.05, 4.69) is 15.7 Å². The van der Waals surface area contributed by atoms with Crippen LogP contribution < -0.4 is 16.6 Å². The van der Waals surface area contributed by atoms with Gasteiger partial charge in [0.05, 0.1) is 6.04 Å². The third-order valence-electron chi connectivity index (χ3n) is 3.01. The predicted octanol–water partition coefficient (Wildman–Crippen LogP) is -1.29. The van der Waals surface area contributed by atoms with Gasteiger partial charge in [0, 0.05) is 0 Å². The summed E-state index contributed by atoms with van der Waals surface area (Å²) < 4.78 is 0. The quantitative estimate of drug-likeness (QED) is 0.174. The standard InChI is InChI=1S/C10H17N5O2/c11-14-10(12-7-3-1-2-4-7)15-5-8(16)13-9(17)6-15/h7H,1-6,11H2,(H,12,14)(H,13,16,17). The summed E-state index contributed by atoms with van der Waals surface area (Å²) in [5.41, 5.74) is 2.48. The van der Waals surface area contributed by atoms with Crippen LogP contribution in [0.15, 0.2) is 4.99 Å². The molecule has 2 amide bonds. The molecular formula is C10H17N5O2. The Balaban J connectivity index is 2.06. The first kappa shape index (κ1) is 11.8. The minimum atomic E-state index is -0.323. The van der Waals surface area contributed by atoms with Crippen molar-refractivity contribution in [3.8, 4) is 0 Å². The normalized spacial score (nSPS) is 22.9. The van der Waals surface area contributed by atoms with E-state index >= 15 is 0 Å². The Morgan fingerprint density at radius 1 is 1.29 bits per heavy atom. The van der Waals surface area contributed by atoms with Crippen LogP contribution in [0, 0.1) is 0 Å². The van der Waals surface area contributed by atoms with Gasteiger partial charge in [0.2, 0.25) is 17.8 Å². The third-order valence-corrected chi connectivity index (χ3v) is 3.01. The van der Waals surface area contributed by atoms with Crippen LogP contribution in [0.5, 0.6) is 0 Å². The lowest BCUT2D eigenvalue weighted by molar-refractivity contribution is -0.134. The molecule has 7 nitrogen and oxygen atoms in total. The highest BCUT2D eigenvalue weighted by molar-refractivity contribution is 6.02. The van der Waals surface area contributed by atoms with Crippen LogP contribution >= 0.6 is 0 Å². The van der Waals surface area contributed by atoms with Crippen LogP contribution in [0.2, 0.25) is 0 Å². The SMILES string of the molecule is NNC(=NC1CCCC1)N1CC(=O)NC(=O)C1. The fourth-order valence-corrected chi connectivity index (χ4v) is 2.20. The van der Waals surface area contributed by atoms with E-state index in [0.29, 0.717) is 5.96 Å². The lowest BCUT2D eigenvalue weighted by Crippen LogP contribution is -2.57. The average molecular weight is 239 g/mol. The van der Waals surface area contributed by atoms with Crippen molar-refractivity contribution in [2.45, 2.75) is 31.7 Å². The number of hydrogen-bond donors (Lipinski definition) is 3. The fourth-order valence-electron chi connectivity index (χ4n) is 2.20. The first-order chi connectivity index (χ1) is 8.19. The number of hydrogen-bond acceptors (Lipinski definition) is 4. The number of carbonyl (C=O) groups excluding carboxylic acids is 2. The molecule has 0 radical (unpaired) electrons. The second kappa shape index (κ2) is 5.13. The molecule has 2 fully saturated rings. The fraction of sp³-hybridized carbons (Fsp3) is 0.700. The lowest BCUT2D eigenvalue weighted by Gasteiger charge is -2.28. The first-order valence-corrected chi connectivity index (χ1v) is 5.81. The van der Waals surface area contributed by atoms with Gasteiger partial charge in [0.1, 0.15) is 13.1 Å². The number of guanidine groups is 1. The maximum Gasteiger partial charge on any atom is 0.246 e. The summed E-state index contributed by atoms with van der Waals surface area (Å²) >= 11 is 0. The maximum atomic E-state index is 11.2. The zero-order valence-corrected chi connectivity index (χ0v) is 9.61. The van der Waals surface area contributed by atoms with E-state index < -0.39 is 0 Å². The Morgan fingerprint density at radius 2 is 1.88 bits per heavy atom. The molecule has 4 N–H and O–H groups in total. The van der Waals surface area contributed by atoms with Crippen molar-refractivity contribution in [3.05, 3.63) is 0 Å².